The summed E-state index contributed by atoms with van der Waals surface area (Å²) in [5.74, 6) is 6.65. The third kappa shape index (κ3) is 2.19. The molecule has 1 amide bonds. The number of nitrogens with zero attached hydrogens (tertiary/aromatic N) is 3. The molecule has 2 aliphatic carbocycles. The first kappa shape index (κ1) is 15.7. The Hall–Kier alpha value is -1.82. The molecule has 2 saturated carbocycles. The first-order chi connectivity index (χ1) is 11.5. The fourth-order valence-corrected chi connectivity index (χ4v) is 5.23. The molecule has 2 aromatic heterocycles. The summed E-state index contributed by atoms with van der Waals surface area (Å²) in [6, 6.07) is 0. The van der Waals surface area contributed by atoms with E-state index < -0.39 is 0 Å². The molecule has 0 aliphatic heterocycles. The van der Waals surface area contributed by atoms with E-state index in [1.54, 1.807) is 13.1 Å². The number of nitrogens with one attached hydrogen (secondary N) is 1. The summed E-state index contributed by atoms with van der Waals surface area (Å²) in [5, 5.41) is 3.16. The molecule has 2 aromatic rings. The van der Waals surface area contributed by atoms with Crippen LogP contribution >= 0.6 is 22.6 Å². The second-order valence-electron chi connectivity index (χ2n) is 6.82. The lowest BCUT2D eigenvalue weighted by Gasteiger charge is -2.27. The Bertz CT molecular complexity index is 899. The van der Waals surface area contributed by atoms with E-state index in [2.05, 4.69) is 49.1 Å². The van der Waals surface area contributed by atoms with Crippen LogP contribution in [0.2, 0.25) is 0 Å². The highest BCUT2D eigenvalue weighted by Gasteiger charge is 2.57. The Kier molecular flexibility index (Phi) is 3.49. The number of amides is 1. The number of hydrogen-bond donors (Lipinski definition) is 2. The fraction of sp³-hybridized carbons (Fsp3) is 0.471. The number of aromatic nitrogens is 3. The average Bonchev–Trinajstić information content (AvgIpc) is 3.19. The number of hydrogen-bond acceptors (Lipinski definition) is 4. The van der Waals surface area contributed by atoms with Crippen LogP contribution in [0, 0.1) is 15.5 Å². The molecule has 2 bridgehead atoms. The van der Waals surface area contributed by atoms with Gasteiger partial charge in [0.25, 0.3) is 5.91 Å². The molecule has 4 rings (SSSR count). The summed E-state index contributed by atoms with van der Waals surface area (Å²) in [7, 11) is 0. The van der Waals surface area contributed by atoms with Crippen molar-refractivity contribution >= 4 is 39.8 Å². The molecule has 0 saturated heterocycles. The van der Waals surface area contributed by atoms with Crippen LogP contribution in [0.5, 0.6) is 0 Å². The smallest absolute Gasteiger partial charge is 0.296 e. The van der Waals surface area contributed by atoms with Gasteiger partial charge in [-0.2, -0.15) is 0 Å². The van der Waals surface area contributed by atoms with Gasteiger partial charge in [0.2, 0.25) is 0 Å². The molecule has 0 aromatic carbocycles. The van der Waals surface area contributed by atoms with Crippen molar-refractivity contribution in [2.75, 3.05) is 5.73 Å². The maximum absolute atomic E-state index is 12.0. The summed E-state index contributed by atoms with van der Waals surface area (Å²) in [4.78, 5) is 21.0. The lowest BCUT2D eigenvalue weighted by molar-refractivity contribution is -0.117. The Labute approximate surface area is 153 Å². The third-order valence-electron chi connectivity index (χ3n) is 5.47. The van der Waals surface area contributed by atoms with Gasteiger partial charge in [-0.15, -0.1) is 0 Å². The van der Waals surface area contributed by atoms with Gasteiger partial charge in [0.15, 0.2) is 5.82 Å². The highest BCUT2D eigenvalue weighted by molar-refractivity contribution is 14.1. The van der Waals surface area contributed by atoms with E-state index in [9.17, 15) is 4.79 Å². The first-order valence-corrected chi connectivity index (χ1v) is 9.10. The minimum absolute atomic E-state index is 0.00689. The molecular weight excluding hydrogens is 417 g/mol. The van der Waals surface area contributed by atoms with Gasteiger partial charge in [0.05, 0.1) is 0 Å². The Morgan fingerprint density at radius 3 is 2.88 bits per heavy atom. The van der Waals surface area contributed by atoms with Crippen LogP contribution in [0.15, 0.2) is 12.4 Å². The van der Waals surface area contributed by atoms with Gasteiger partial charge in [0, 0.05) is 23.3 Å². The summed E-state index contributed by atoms with van der Waals surface area (Å²) >= 11 is 2.22. The van der Waals surface area contributed by atoms with Gasteiger partial charge < -0.3 is 11.1 Å². The normalized spacial score (nSPS) is 27.9. The van der Waals surface area contributed by atoms with Gasteiger partial charge >= 0.3 is 0 Å². The second kappa shape index (κ2) is 5.34. The molecule has 2 fully saturated rings. The molecule has 2 aliphatic rings. The monoisotopic (exact) mass is 435 g/mol. The summed E-state index contributed by atoms with van der Waals surface area (Å²) in [6.07, 6.45) is 8.54. The minimum atomic E-state index is -0.175. The molecule has 0 spiro atoms. The number of nitrogens with two attached hydrogens (primary N) is 1. The SMILES string of the molecule is CC#CC(=O)NC12CCC(c3nc(I)c4c(N)nccn34)(CC1)C2. The molecular formula is C17H18IN5O. The number of nitrogen functional groups attached to an aromatic ring is 1. The van der Waals surface area contributed by atoms with E-state index in [-0.39, 0.29) is 16.9 Å². The van der Waals surface area contributed by atoms with Crippen LogP contribution < -0.4 is 11.1 Å². The molecule has 2 heterocycles. The number of carbonyl (C=O) groups excluding carboxylic acids is 1. The van der Waals surface area contributed by atoms with Crippen molar-refractivity contribution in [3.05, 3.63) is 21.9 Å². The zero-order valence-electron chi connectivity index (χ0n) is 13.4. The number of carbonyl (C=O) groups is 1. The van der Waals surface area contributed by atoms with Crippen molar-refractivity contribution in [1.29, 1.82) is 0 Å². The topological polar surface area (TPSA) is 85.3 Å². The van der Waals surface area contributed by atoms with Crippen LogP contribution in [0.4, 0.5) is 5.82 Å². The molecule has 0 unspecified atom stereocenters. The van der Waals surface area contributed by atoms with Crippen molar-refractivity contribution in [1.82, 2.24) is 19.7 Å². The molecule has 24 heavy (non-hydrogen) atoms. The van der Waals surface area contributed by atoms with Crippen molar-refractivity contribution in [2.45, 2.75) is 50.0 Å². The third-order valence-corrected chi connectivity index (χ3v) is 6.23. The van der Waals surface area contributed by atoms with Crippen molar-refractivity contribution in [2.24, 2.45) is 0 Å². The molecule has 3 N–H and O–H groups in total. The van der Waals surface area contributed by atoms with Crippen LogP contribution in [-0.4, -0.2) is 25.8 Å². The maximum atomic E-state index is 12.0. The number of anilines is 1. The van der Waals surface area contributed by atoms with E-state index >= 15 is 0 Å². The van der Waals surface area contributed by atoms with Crippen LogP contribution in [0.25, 0.3) is 5.52 Å². The maximum Gasteiger partial charge on any atom is 0.296 e. The average molecular weight is 435 g/mol. The van der Waals surface area contributed by atoms with Crippen LogP contribution in [0.3, 0.4) is 0 Å². The van der Waals surface area contributed by atoms with Crippen molar-refractivity contribution in [3.8, 4) is 11.8 Å². The number of imidazole rings is 1. The van der Waals surface area contributed by atoms with Crippen LogP contribution in [0.1, 0.15) is 44.9 Å². The van der Waals surface area contributed by atoms with E-state index in [0.29, 0.717) is 5.82 Å². The lowest BCUT2D eigenvalue weighted by atomic mass is 9.83. The van der Waals surface area contributed by atoms with Crippen LogP contribution in [-0.2, 0) is 10.2 Å². The van der Waals surface area contributed by atoms with Gasteiger partial charge in [-0.1, -0.05) is 5.92 Å². The Balaban J connectivity index is 1.73. The lowest BCUT2D eigenvalue weighted by Crippen LogP contribution is -2.44. The minimum Gasteiger partial charge on any atom is -0.382 e. The largest absolute Gasteiger partial charge is 0.382 e. The van der Waals surface area contributed by atoms with Gasteiger partial charge in [-0.05, 0) is 67.5 Å². The summed E-state index contributed by atoms with van der Waals surface area (Å²) in [5.41, 5.74) is 6.77. The van der Waals surface area contributed by atoms with E-state index in [1.165, 1.54) is 0 Å². The molecule has 6 nitrogen and oxygen atoms in total. The molecule has 0 atom stereocenters. The highest BCUT2D eigenvalue weighted by atomic mass is 127. The quantitative estimate of drug-likeness (QED) is 0.559. The number of fused-ring (bicyclic) bond motifs is 3. The fourth-order valence-electron chi connectivity index (χ4n) is 4.46. The zero-order valence-corrected chi connectivity index (χ0v) is 15.6. The first-order valence-electron chi connectivity index (χ1n) is 8.02. The predicted molar refractivity (Wildman–Crippen MR) is 99.2 cm³/mol. The summed E-state index contributed by atoms with van der Waals surface area (Å²) < 4.78 is 2.96. The number of rotatable bonds is 2. The van der Waals surface area contributed by atoms with Gasteiger partial charge in [0.1, 0.15) is 15.0 Å². The Morgan fingerprint density at radius 1 is 1.42 bits per heavy atom. The van der Waals surface area contributed by atoms with Crippen molar-refractivity contribution in [3.63, 3.8) is 0 Å². The van der Waals surface area contributed by atoms with E-state index in [1.807, 2.05) is 6.20 Å². The molecule has 7 heteroatoms. The molecule has 124 valence electrons. The second-order valence-corrected chi connectivity index (χ2v) is 7.85. The zero-order chi connectivity index (χ0) is 16.9. The highest BCUT2D eigenvalue weighted by Crippen LogP contribution is 2.57. The van der Waals surface area contributed by atoms with Gasteiger partial charge in [-0.3, -0.25) is 9.20 Å². The number of halogens is 1. The van der Waals surface area contributed by atoms with E-state index in [0.717, 1.165) is 47.1 Å². The molecule has 0 radical (unpaired) electrons. The van der Waals surface area contributed by atoms with E-state index in [4.69, 9.17) is 10.7 Å². The summed E-state index contributed by atoms with van der Waals surface area (Å²) in [6.45, 7) is 1.68. The Morgan fingerprint density at radius 2 is 2.17 bits per heavy atom. The van der Waals surface area contributed by atoms with Gasteiger partial charge in [-0.25, -0.2) is 9.97 Å². The standard InChI is InChI=1S/C17H18IN5O/c1-2-3-11(24)22-17-6-4-16(10-17,5-7-17)15-21-13(18)12-14(19)20-8-9-23(12)15/h8-9H,4-7,10H2,1H3,(H2,19,20)(H,22,24). The van der Waals surface area contributed by atoms with Crippen molar-refractivity contribution < 1.29 is 4.79 Å². The predicted octanol–water partition coefficient (Wildman–Crippen LogP) is 2.01.